The maximum absolute atomic E-state index is 12.7. The van der Waals surface area contributed by atoms with E-state index in [0.29, 0.717) is 0 Å². The number of methoxy groups -OCH3 is 1. The molecule has 2 saturated heterocycles. The van der Waals surface area contributed by atoms with Crippen LogP contribution in [0.1, 0.15) is 12.0 Å². The summed E-state index contributed by atoms with van der Waals surface area (Å²) in [5, 5.41) is 72.6. The second kappa shape index (κ2) is 12.8. The summed E-state index contributed by atoms with van der Waals surface area (Å²) in [5.74, 6) is 0.335. The zero-order chi connectivity index (χ0) is 28.3. The van der Waals surface area contributed by atoms with Gasteiger partial charge in [-0.15, -0.1) is 0 Å². The van der Waals surface area contributed by atoms with Crippen molar-refractivity contribution in [3.8, 4) is 5.75 Å². The first kappa shape index (κ1) is 29.5. The summed E-state index contributed by atoms with van der Waals surface area (Å²) in [4.78, 5) is 12.7. The normalized spacial score (nSPS) is 35.4. The number of ether oxygens (including phenoxy) is 4. The summed E-state index contributed by atoms with van der Waals surface area (Å²) in [6, 6.07) is 11.3. The predicted molar refractivity (Wildman–Crippen MR) is 136 cm³/mol. The molecule has 0 amide bonds. The highest BCUT2D eigenvalue weighted by molar-refractivity contribution is 5.95. The molecule has 2 heterocycles. The molecule has 0 radical (unpaired) electrons. The minimum atomic E-state index is -1.76. The topological polar surface area (TPSA) is 196 Å². The second-order valence-corrected chi connectivity index (χ2v) is 9.65. The second-order valence-electron chi connectivity index (χ2n) is 9.65. The lowest BCUT2D eigenvalue weighted by Crippen LogP contribution is -2.64. The van der Waals surface area contributed by atoms with Crippen molar-refractivity contribution in [2.24, 2.45) is 0 Å². The van der Waals surface area contributed by atoms with Gasteiger partial charge >= 0.3 is 0 Å². The maximum Gasteiger partial charge on any atom is 0.187 e. The van der Waals surface area contributed by atoms with E-state index in [1.54, 1.807) is 13.2 Å². The Morgan fingerprint density at radius 2 is 1.49 bits per heavy atom. The van der Waals surface area contributed by atoms with Crippen LogP contribution in [-0.2, 0) is 19.0 Å². The molecule has 214 valence electrons. The van der Waals surface area contributed by atoms with E-state index >= 15 is 0 Å². The zero-order valence-electron chi connectivity index (χ0n) is 21.2. The van der Waals surface area contributed by atoms with E-state index in [1.165, 1.54) is 6.08 Å². The van der Waals surface area contributed by atoms with Crippen molar-refractivity contribution in [3.63, 3.8) is 0 Å². The molecule has 2 aromatic rings. The third-order valence-corrected chi connectivity index (χ3v) is 7.04. The number of fused-ring (bicyclic) bond motifs is 1. The van der Waals surface area contributed by atoms with Gasteiger partial charge in [0.05, 0.1) is 26.4 Å². The minimum absolute atomic E-state index is 0.303. The lowest BCUT2D eigenvalue weighted by molar-refractivity contribution is -0.341. The van der Waals surface area contributed by atoms with Gasteiger partial charge in [-0.25, -0.2) is 0 Å². The number of aliphatic hydroxyl groups is 7. The Morgan fingerprint density at radius 1 is 0.821 bits per heavy atom. The Morgan fingerprint density at radius 3 is 2.18 bits per heavy atom. The first-order valence-corrected chi connectivity index (χ1v) is 12.5. The molecule has 2 aromatic carbocycles. The molecule has 2 aliphatic heterocycles. The number of ketones is 1. The van der Waals surface area contributed by atoms with Gasteiger partial charge in [-0.1, -0.05) is 24.3 Å². The SMILES string of the molecule is COc1ccc2cc(/C=C/C(=O)C[C@@H]3OC(CO)[C@@H](O[C@H]4OC(CO)[C@@H](O)[C@H](O)C4O)C(O)[C@@H]3O)ccc2c1. The van der Waals surface area contributed by atoms with Crippen LogP contribution in [0.15, 0.2) is 42.5 Å². The molecule has 2 aliphatic rings. The zero-order valence-corrected chi connectivity index (χ0v) is 21.2. The number of hydrogen-bond donors (Lipinski definition) is 7. The number of rotatable bonds is 9. The van der Waals surface area contributed by atoms with E-state index in [2.05, 4.69) is 0 Å². The molecule has 0 bridgehead atoms. The Kier molecular flexibility index (Phi) is 9.67. The van der Waals surface area contributed by atoms with Crippen molar-refractivity contribution in [3.05, 3.63) is 48.0 Å². The van der Waals surface area contributed by atoms with Crippen LogP contribution in [-0.4, -0.2) is 123 Å². The van der Waals surface area contributed by atoms with Gasteiger partial charge in [0.15, 0.2) is 12.1 Å². The number of hydrogen-bond acceptors (Lipinski definition) is 12. The highest BCUT2D eigenvalue weighted by Crippen LogP contribution is 2.30. The van der Waals surface area contributed by atoms with Crippen LogP contribution in [0.25, 0.3) is 16.8 Å². The van der Waals surface area contributed by atoms with E-state index in [9.17, 15) is 40.5 Å². The summed E-state index contributed by atoms with van der Waals surface area (Å²) >= 11 is 0. The van der Waals surface area contributed by atoms with Crippen LogP contribution in [0.2, 0.25) is 0 Å². The summed E-state index contributed by atoms with van der Waals surface area (Å²) in [6.07, 6.45) is -12.4. The van der Waals surface area contributed by atoms with Crippen molar-refractivity contribution < 1.29 is 59.5 Å². The van der Waals surface area contributed by atoms with Gasteiger partial charge in [0, 0.05) is 6.42 Å². The Labute approximate surface area is 224 Å². The monoisotopic (exact) mass is 550 g/mol. The lowest BCUT2D eigenvalue weighted by atomic mass is 9.92. The summed E-state index contributed by atoms with van der Waals surface area (Å²) in [7, 11) is 1.59. The average molecular weight is 551 g/mol. The fourth-order valence-electron chi connectivity index (χ4n) is 4.76. The van der Waals surface area contributed by atoms with Gasteiger partial charge in [0.2, 0.25) is 0 Å². The third kappa shape index (κ3) is 6.47. The summed E-state index contributed by atoms with van der Waals surface area (Å²) in [5.41, 5.74) is 0.771. The van der Waals surface area contributed by atoms with Crippen LogP contribution in [0.4, 0.5) is 0 Å². The molecule has 12 nitrogen and oxygen atoms in total. The molecule has 0 aromatic heterocycles. The number of carbonyl (C=O) groups is 1. The minimum Gasteiger partial charge on any atom is -0.497 e. The molecular formula is C27H34O12. The van der Waals surface area contributed by atoms with E-state index in [4.69, 9.17) is 18.9 Å². The molecule has 4 unspecified atom stereocenters. The van der Waals surface area contributed by atoms with Gasteiger partial charge in [-0.3, -0.25) is 4.79 Å². The van der Waals surface area contributed by atoms with Gasteiger partial charge in [-0.05, 0) is 40.6 Å². The average Bonchev–Trinajstić information content (AvgIpc) is 2.95. The summed E-state index contributed by atoms with van der Waals surface area (Å²) < 4.78 is 21.7. The van der Waals surface area contributed by atoms with E-state index in [1.807, 2.05) is 36.4 Å². The lowest BCUT2D eigenvalue weighted by Gasteiger charge is -2.46. The van der Waals surface area contributed by atoms with Gasteiger partial charge in [-0.2, -0.15) is 0 Å². The van der Waals surface area contributed by atoms with Gasteiger partial charge in [0.1, 0.15) is 54.6 Å². The molecule has 0 saturated carbocycles. The standard InChI is InChI=1S/C27H34O12/c1-36-17-7-5-14-8-13(2-4-15(14)9-17)3-6-16(30)10-18-21(31)24(34)26(20(12-29)37-18)39-27-25(35)23(33)22(32)19(11-28)38-27/h2-9,18-29,31-35H,10-12H2,1H3/b6-3+/t18-,19?,20?,21+,22+,23-,24?,25?,26+,27+/m0/s1. The molecule has 10 atom stereocenters. The number of benzene rings is 2. The molecule has 2 fully saturated rings. The smallest absolute Gasteiger partial charge is 0.187 e. The fraction of sp³-hybridized carbons (Fsp3) is 0.519. The van der Waals surface area contributed by atoms with E-state index in [0.717, 1.165) is 22.1 Å². The maximum atomic E-state index is 12.7. The highest BCUT2D eigenvalue weighted by atomic mass is 16.7. The van der Waals surface area contributed by atoms with Crippen molar-refractivity contribution in [2.75, 3.05) is 20.3 Å². The van der Waals surface area contributed by atoms with Crippen molar-refractivity contribution in [1.82, 2.24) is 0 Å². The Hall–Kier alpha value is -2.49. The molecule has 7 N–H and O–H groups in total. The van der Waals surface area contributed by atoms with Crippen LogP contribution < -0.4 is 4.74 Å². The van der Waals surface area contributed by atoms with Gasteiger partial charge < -0.3 is 54.7 Å². The third-order valence-electron chi connectivity index (χ3n) is 7.04. The summed E-state index contributed by atoms with van der Waals surface area (Å²) in [6.45, 7) is -1.36. The van der Waals surface area contributed by atoms with Crippen LogP contribution in [0.5, 0.6) is 5.75 Å². The van der Waals surface area contributed by atoms with Crippen molar-refractivity contribution in [2.45, 2.75) is 67.6 Å². The van der Waals surface area contributed by atoms with E-state index in [-0.39, 0.29) is 6.42 Å². The number of aliphatic hydroxyl groups excluding tert-OH is 7. The fourth-order valence-corrected chi connectivity index (χ4v) is 4.76. The van der Waals surface area contributed by atoms with Gasteiger partial charge in [0.25, 0.3) is 0 Å². The van der Waals surface area contributed by atoms with E-state index < -0.39 is 80.2 Å². The predicted octanol–water partition coefficient (Wildman–Crippen LogP) is -1.51. The molecular weight excluding hydrogens is 516 g/mol. The molecule has 4 rings (SSSR count). The van der Waals surface area contributed by atoms with Crippen molar-refractivity contribution in [1.29, 1.82) is 0 Å². The molecule has 39 heavy (non-hydrogen) atoms. The largest absolute Gasteiger partial charge is 0.497 e. The molecule has 0 aliphatic carbocycles. The molecule has 0 spiro atoms. The number of allylic oxidation sites excluding steroid dienone is 1. The van der Waals surface area contributed by atoms with Crippen LogP contribution in [0, 0.1) is 0 Å². The van der Waals surface area contributed by atoms with Crippen LogP contribution in [0.3, 0.4) is 0 Å². The van der Waals surface area contributed by atoms with Crippen LogP contribution >= 0.6 is 0 Å². The quantitative estimate of drug-likeness (QED) is 0.179. The highest BCUT2D eigenvalue weighted by Gasteiger charge is 2.50. The first-order chi connectivity index (χ1) is 18.7. The first-order valence-electron chi connectivity index (χ1n) is 12.5. The van der Waals surface area contributed by atoms with Crippen molar-refractivity contribution >= 4 is 22.6 Å². The Balaban J connectivity index is 1.39. The molecule has 12 heteroatoms. The Bertz CT molecular complexity index is 1150. The number of carbonyl (C=O) groups excluding carboxylic acids is 1.